The number of ether oxygens (including phenoxy) is 2. The predicted octanol–water partition coefficient (Wildman–Crippen LogP) is 6.26. The lowest BCUT2D eigenvalue weighted by Crippen LogP contribution is -2.06. The molecular weight excluding hydrogens is 344 g/mol. The lowest BCUT2D eigenvalue weighted by Gasteiger charge is -2.23. The summed E-state index contributed by atoms with van der Waals surface area (Å²) in [6.45, 7) is 0.264. The van der Waals surface area contributed by atoms with E-state index < -0.39 is 0 Å². The minimum atomic E-state index is 0.104. The number of fused-ring (bicyclic) bond motifs is 1. The lowest BCUT2D eigenvalue weighted by atomic mass is 9.81. The van der Waals surface area contributed by atoms with E-state index in [-0.39, 0.29) is 12.7 Å². The maximum atomic E-state index is 5.92. The summed E-state index contributed by atoms with van der Waals surface area (Å²) in [6.07, 6.45) is 0. The zero-order valence-electron chi connectivity index (χ0n) is 15.4. The molecule has 0 amide bonds. The Hall–Kier alpha value is -3.52. The highest BCUT2D eigenvalue weighted by atomic mass is 16.7. The van der Waals surface area contributed by atoms with Crippen molar-refractivity contribution in [1.82, 2.24) is 0 Å². The SMILES string of the molecule is c1ccc(-c2c(C(c3ccccc3)c3ccccc3)ccc3c2OCO3)cc1. The Morgan fingerprint density at radius 3 is 1.75 bits per heavy atom. The topological polar surface area (TPSA) is 18.5 Å². The standard InChI is InChI=1S/C26H20O2/c1-4-10-19(11-5-1)24(20-12-6-2-7-13-20)22-16-17-23-26(28-18-27-23)25(22)21-14-8-3-9-15-21/h1-17,24H,18H2. The molecule has 0 fully saturated rings. The fourth-order valence-electron chi connectivity index (χ4n) is 3.97. The quantitative estimate of drug-likeness (QED) is 0.398. The summed E-state index contributed by atoms with van der Waals surface area (Å²) >= 11 is 0. The van der Waals surface area contributed by atoms with Crippen molar-refractivity contribution in [2.24, 2.45) is 0 Å². The van der Waals surface area contributed by atoms with Crippen LogP contribution in [0.5, 0.6) is 11.5 Å². The molecule has 0 unspecified atom stereocenters. The average Bonchev–Trinajstić information content (AvgIpc) is 3.25. The number of rotatable bonds is 4. The first-order valence-corrected chi connectivity index (χ1v) is 9.49. The maximum absolute atomic E-state index is 5.92. The Morgan fingerprint density at radius 1 is 0.571 bits per heavy atom. The van der Waals surface area contributed by atoms with Gasteiger partial charge in [0.25, 0.3) is 0 Å². The predicted molar refractivity (Wildman–Crippen MR) is 112 cm³/mol. The Balaban J connectivity index is 1.79. The Kier molecular flexibility index (Phi) is 4.30. The van der Waals surface area contributed by atoms with Gasteiger partial charge >= 0.3 is 0 Å². The highest BCUT2D eigenvalue weighted by molar-refractivity contribution is 5.79. The van der Waals surface area contributed by atoms with Crippen LogP contribution in [0.3, 0.4) is 0 Å². The van der Waals surface area contributed by atoms with E-state index in [1.54, 1.807) is 0 Å². The van der Waals surface area contributed by atoms with Gasteiger partial charge in [-0.1, -0.05) is 97.1 Å². The second-order valence-corrected chi connectivity index (χ2v) is 6.88. The average molecular weight is 364 g/mol. The Labute approximate surface area is 165 Å². The van der Waals surface area contributed by atoms with E-state index in [4.69, 9.17) is 9.47 Å². The molecule has 2 heteroatoms. The number of hydrogen-bond donors (Lipinski definition) is 0. The highest BCUT2D eigenvalue weighted by Gasteiger charge is 2.27. The van der Waals surface area contributed by atoms with E-state index >= 15 is 0 Å². The zero-order valence-corrected chi connectivity index (χ0v) is 15.4. The first-order valence-electron chi connectivity index (χ1n) is 9.49. The molecular formula is C26H20O2. The van der Waals surface area contributed by atoms with E-state index in [1.165, 1.54) is 16.7 Å². The normalized spacial score (nSPS) is 12.3. The molecule has 0 saturated carbocycles. The zero-order chi connectivity index (χ0) is 18.8. The first kappa shape index (κ1) is 16.6. The second-order valence-electron chi connectivity index (χ2n) is 6.88. The van der Waals surface area contributed by atoms with Gasteiger partial charge in [-0.3, -0.25) is 0 Å². The third-order valence-electron chi connectivity index (χ3n) is 5.21. The molecule has 0 aliphatic carbocycles. The summed E-state index contributed by atoms with van der Waals surface area (Å²) in [6, 6.07) is 35.9. The largest absolute Gasteiger partial charge is 0.454 e. The summed E-state index contributed by atoms with van der Waals surface area (Å²) < 4.78 is 11.6. The van der Waals surface area contributed by atoms with Crippen LogP contribution in [-0.2, 0) is 0 Å². The molecule has 2 nitrogen and oxygen atoms in total. The fraction of sp³-hybridized carbons (Fsp3) is 0.0769. The molecule has 0 spiro atoms. The van der Waals surface area contributed by atoms with Crippen molar-refractivity contribution in [1.29, 1.82) is 0 Å². The van der Waals surface area contributed by atoms with Gasteiger partial charge in [0.15, 0.2) is 11.5 Å². The molecule has 0 N–H and O–H groups in total. The van der Waals surface area contributed by atoms with Crippen LogP contribution in [0.1, 0.15) is 22.6 Å². The number of hydrogen-bond acceptors (Lipinski definition) is 2. The molecule has 0 atom stereocenters. The molecule has 0 aromatic heterocycles. The van der Waals surface area contributed by atoms with Crippen LogP contribution in [0, 0.1) is 0 Å². The van der Waals surface area contributed by atoms with Crippen LogP contribution < -0.4 is 9.47 Å². The molecule has 4 aromatic rings. The van der Waals surface area contributed by atoms with Gasteiger partial charge in [0, 0.05) is 11.5 Å². The molecule has 1 aliphatic rings. The molecule has 4 aromatic carbocycles. The van der Waals surface area contributed by atoms with Gasteiger partial charge in [-0.25, -0.2) is 0 Å². The van der Waals surface area contributed by atoms with Crippen LogP contribution in [0.25, 0.3) is 11.1 Å². The summed E-state index contributed by atoms with van der Waals surface area (Å²) in [4.78, 5) is 0. The van der Waals surface area contributed by atoms with E-state index in [1.807, 2.05) is 12.1 Å². The van der Waals surface area contributed by atoms with Crippen molar-refractivity contribution < 1.29 is 9.47 Å². The molecule has 1 heterocycles. The maximum Gasteiger partial charge on any atom is 0.231 e. The summed E-state index contributed by atoms with van der Waals surface area (Å²) in [5.41, 5.74) is 5.97. The van der Waals surface area contributed by atoms with Gasteiger partial charge in [0.2, 0.25) is 6.79 Å². The van der Waals surface area contributed by atoms with Crippen molar-refractivity contribution in [2.45, 2.75) is 5.92 Å². The van der Waals surface area contributed by atoms with Gasteiger partial charge in [0.1, 0.15) is 0 Å². The summed E-state index contributed by atoms with van der Waals surface area (Å²) in [5.74, 6) is 1.75. The third kappa shape index (κ3) is 2.93. The molecule has 136 valence electrons. The van der Waals surface area contributed by atoms with Gasteiger partial charge < -0.3 is 9.47 Å². The molecule has 28 heavy (non-hydrogen) atoms. The minimum absolute atomic E-state index is 0.104. The van der Waals surface area contributed by atoms with Crippen molar-refractivity contribution in [3.63, 3.8) is 0 Å². The third-order valence-corrected chi connectivity index (χ3v) is 5.21. The van der Waals surface area contributed by atoms with Gasteiger partial charge in [-0.05, 0) is 28.3 Å². The Morgan fingerprint density at radius 2 is 1.14 bits per heavy atom. The molecule has 1 aliphatic heterocycles. The van der Waals surface area contributed by atoms with Crippen molar-refractivity contribution in [3.8, 4) is 22.6 Å². The minimum Gasteiger partial charge on any atom is -0.454 e. The van der Waals surface area contributed by atoms with Gasteiger partial charge in [-0.2, -0.15) is 0 Å². The smallest absolute Gasteiger partial charge is 0.231 e. The van der Waals surface area contributed by atoms with E-state index in [2.05, 4.69) is 91.0 Å². The second kappa shape index (κ2) is 7.24. The van der Waals surface area contributed by atoms with Crippen molar-refractivity contribution >= 4 is 0 Å². The van der Waals surface area contributed by atoms with Crippen molar-refractivity contribution in [2.75, 3.05) is 6.79 Å². The van der Waals surface area contributed by atoms with E-state index in [0.29, 0.717) is 0 Å². The van der Waals surface area contributed by atoms with Crippen LogP contribution >= 0.6 is 0 Å². The van der Waals surface area contributed by atoms with Crippen LogP contribution in [-0.4, -0.2) is 6.79 Å². The van der Waals surface area contributed by atoms with E-state index in [0.717, 1.165) is 22.6 Å². The molecule has 0 saturated heterocycles. The first-order chi connectivity index (χ1) is 13.9. The molecule has 5 rings (SSSR count). The molecule has 0 radical (unpaired) electrons. The van der Waals surface area contributed by atoms with Gasteiger partial charge in [-0.15, -0.1) is 0 Å². The van der Waals surface area contributed by atoms with Crippen LogP contribution in [0.4, 0.5) is 0 Å². The lowest BCUT2D eigenvalue weighted by molar-refractivity contribution is 0.174. The fourth-order valence-corrected chi connectivity index (χ4v) is 3.97. The Bertz CT molecular complexity index is 1030. The summed E-state index contributed by atoms with van der Waals surface area (Å²) in [5, 5.41) is 0. The van der Waals surface area contributed by atoms with Gasteiger partial charge in [0.05, 0.1) is 0 Å². The van der Waals surface area contributed by atoms with Crippen LogP contribution in [0.2, 0.25) is 0 Å². The summed E-state index contributed by atoms with van der Waals surface area (Å²) in [7, 11) is 0. The highest BCUT2D eigenvalue weighted by Crippen LogP contribution is 2.48. The van der Waals surface area contributed by atoms with E-state index in [9.17, 15) is 0 Å². The molecule has 0 bridgehead atoms. The van der Waals surface area contributed by atoms with Crippen molar-refractivity contribution in [3.05, 3.63) is 120 Å². The number of benzene rings is 4. The van der Waals surface area contributed by atoms with Crippen LogP contribution in [0.15, 0.2) is 103 Å². The monoisotopic (exact) mass is 364 g/mol.